The SMILES string of the molecule is CCOC(=O)C(=O)NCC1(C)CCCCC1. The van der Waals surface area contributed by atoms with Crippen LogP contribution in [0.5, 0.6) is 0 Å². The fourth-order valence-electron chi connectivity index (χ4n) is 2.14. The van der Waals surface area contributed by atoms with Gasteiger partial charge in [0, 0.05) is 6.54 Å². The van der Waals surface area contributed by atoms with Crippen LogP contribution >= 0.6 is 0 Å². The number of rotatable bonds is 3. The molecule has 1 N–H and O–H groups in total. The van der Waals surface area contributed by atoms with Crippen LogP contribution in [0.2, 0.25) is 0 Å². The Bertz CT molecular complexity index is 257. The Labute approximate surface area is 96.7 Å². The molecule has 0 radical (unpaired) electrons. The molecule has 92 valence electrons. The molecule has 1 aliphatic carbocycles. The van der Waals surface area contributed by atoms with Crippen LogP contribution in [0.1, 0.15) is 46.0 Å². The van der Waals surface area contributed by atoms with Crippen LogP contribution in [-0.4, -0.2) is 25.0 Å². The summed E-state index contributed by atoms with van der Waals surface area (Å²) in [6, 6.07) is 0. The lowest BCUT2D eigenvalue weighted by molar-refractivity contribution is -0.154. The molecule has 0 atom stereocenters. The summed E-state index contributed by atoms with van der Waals surface area (Å²) in [5.74, 6) is -1.39. The van der Waals surface area contributed by atoms with Gasteiger partial charge in [0.05, 0.1) is 6.61 Å². The molecule has 4 nitrogen and oxygen atoms in total. The predicted molar refractivity (Wildman–Crippen MR) is 60.8 cm³/mol. The standard InChI is InChI=1S/C12H21NO3/c1-3-16-11(15)10(14)13-9-12(2)7-5-4-6-8-12/h3-9H2,1-2H3,(H,13,14). The van der Waals surface area contributed by atoms with Gasteiger partial charge in [-0.3, -0.25) is 4.79 Å². The smallest absolute Gasteiger partial charge is 0.396 e. The van der Waals surface area contributed by atoms with Crippen LogP contribution in [0, 0.1) is 5.41 Å². The monoisotopic (exact) mass is 227 g/mol. The summed E-state index contributed by atoms with van der Waals surface area (Å²) in [6.45, 7) is 4.67. The molecule has 16 heavy (non-hydrogen) atoms. The van der Waals surface area contributed by atoms with Gasteiger partial charge in [0.15, 0.2) is 0 Å². The third kappa shape index (κ3) is 3.83. The Kier molecular flexibility index (Phi) is 4.77. The molecule has 1 aliphatic rings. The highest BCUT2D eigenvalue weighted by Gasteiger charge is 2.28. The molecule has 1 saturated carbocycles. The molecule has 0 heterocycles. The summed E-state index contributed by atoms with van der Waals surface area (Å²) < 4.78 is 4.63. The summed E-state index contributed by atoms with van der Waals surface area (Å²) in [4.78, 5) is 22.4. The van der Waals surface area contributed by atoms with Crippen molar-refractivity contribution in [1.29, 1.82) is 0 Å². The van der Waals surface area contributed by atoms with E-state index in [9.17, 15) is 9.59 Å². The number of hydrogen-bond donors (Lipinski definition) is 1. The van der Waals surface area contributed by atoms with E-state index in [-0.39, 0.29) is 12.0 Å². The summed E-state index contributed by atoms with van der Waals surface area (Å²) in [5, 5.41) is 2.66. The van der Waals surface area contributed by atoms with Gasteiger partial charge in [-0.1, -0.05) is 26.2 Å². The summed E-state index contributed by atoms with van der Waals surface area (Å²) in [7, 11) is 0. The molecule has 4 heteroatoms. The topological polar surface area (TPSA) is 55.4 Å². The highest BCUT2D eigenvalue weighted by atomic mass is 16.5. The summed E-state index contributed by atoms with van der Waals surface area (Å²) in [5.41, 5.74) is 0.153. The maximum atomic E-state index is 11.3. The minimum atomic E-state index is -0.776. The van der Waals surface area contributed by atoms with Crippen molar-refractivity contribution in [1.82, 2.24) is 5.32 Å². The Morgan fingerprint density at radius 3 is 2.44 bits per heavy atom. The van der Waals surface area contributed by atoms with Gasteiger partial charge >= 0.3 is 11.9 Å². The second-order valence-electron chi connectivity index (χ2n) is 4.77. The lowest BCUT2D eigenvalue weighted by Crippen LogP contribution is -2.40. The number of carbonyl (C=O) groups excluding carboxylic acids is 2. The van der Waals surface area contributed by atoms with Gasteiger partial charge in [-0.25, -0.2) is 4.79 Å². The maximum absolute atomic E-state index is 11.3. The van der Waals surface area contributed by atoms with Crippen molar-refractivity contribution in [2.24, 2.45) is 5.41 Å². The van der Waals surface area contributed by atoms with Gasteiger partial charge in [-0.15, -0.1) is 0 Å². The minimum Gasteiger partial charge on any atom is -0.459 e. The van der Waals surface area contributed by atoms with Gasteiger partial charge < -0.3 is 10.1 Å². The Morgan fingerprint density at radius 1 is 1.25 bits per heavy atom. The quantitative estimate of drug-likeness (QED) is 0.589. The van der Waals surface area contributed by atoms with Gasteiger partial charge in [-0.05, 0) is 25.2 Å². The molecule has 0 aromatic rings. The second-order valence-corrected chi connectivity index (χ2v) is 4.77. The average molecular weight is 227 g/mol. The highest BCUT2D eigenvalue weighted by molar-refractivity contribution is 6.32. The third-order valence-corrected chi connectivity index (χ3v) is 3.20. The van der Waals surface area contributed by atoms with Crippen LogP contribution < -0.4 is 5.32 Å². The number of nitrogens with one attached hydrogen (secondary N) is 1. The molecule has 0 aromatic heterocycles. The minimum absolute atomic E-state index is 0.153. The van der Waals surface area contributed by atoms with E-state index in [1.807, 2.05) is 0 Å². The third-order valence-electron chi connectivity index (χ3n) is 3.20. The van der Waals surface area contributed by atoms with Crippen molar-refractivity contribution in [3.8, 4) is 0 Å². The molecule has 0 aromatic carbocycles. The van der Waals surface area contributed by atoms with Crippen LogP contribution in [0.3, 0.4) is 0 Å². The zero-order valence-electron chi connectivity index (χ0n) is 10.2. The van der Waals surface area contributed by atoms with Crippen LogP contribution in [-0.2, 0) is 14.3 Å². The van der Waals surface area contributed by atoms with E-state index in [1.54, 1.807) is 6.92 Å². The average Bonchev–Trinajstić information content (AvgIpc) is 2.27. The number of amides is 1. The molecule has 0 bridgehead atoms. The van der Waals surface area contributed by atoms with Gasteiger partial charge in [0.25, 0.3) is 0 Å². The lowest BCUT2D eigenvalue weighted by atomic mass is 9.76. The van der Waals surface area contributed by atoms with Gasteiger partial charge in [0.2, 0.25) is 0 Å². The largest absolute Gasteiger partial charge is 0.459 e. The van der Waals surface area contributed by atoms with Crippen molar-refractivity contribution >= 4 is 11.9 Å². The fourth-order valence-corrected chi connectivity index (χ4v) is 2.14. The molecule has 1 rings (SSSR count). The summed E-state index contributed by atoms with van der Waals surface area (Å²) in [6.07, 6.45) is 5.95. The predicted octanol–water partition coefficient (Wildman–Crippen LogP) is 1.64. The van der Waals surface area contributed by atoms with Crippen LogP contribution in [0.4, 0.5) is 0 Å². The second kappa shape index (κ2) is 5.87. The van der Waals surface area contributed by atoms with E-state index in [1.165, 1.54) is 19.3 Å². The van der Waals surface area contributed by atoms with Crippen LogP contribution in [0.15, 0.2) is 0 Å². The van der Waals surface area contributed by atoms with Gasteiger partial charge in [0.1, 0.15) is 0 Å². The number of esters is 1. The van der Waals surface area contributed by atoms with E-state index in [0.717, 1.165) is 12.8 Å². The van der Waals surface area contributed by atoms with Crippen molar-refractivity contribution in [2.75, 3.05) is 13.2 Å². The van der Waals surface area contributed by atoms with Crippen molar-refractivity contribution in [3.63, 3.8) is 0 Å². The molecular formula is C12H21NO3. The normalized spacial score (nSPS) is 18.9. The number of ether oxygens (including phenoxy) is 1. The maximum Gasteiger partial charge on any atom is 0.396 e. The van der Waals surface area contributed by atoms with E-state index in [0.29, 0.717) is 6.54 Å². The first kappa shape index (κ1) is 13.0. The molecule has 0 unspecified atom stereocenters. The first-order chi connectivity index (χ1) is 7.57. The molecule has 1 fully saturated rings. The molecule has 0 spiro atoms. The Hall–Kier alpha value is -1.06. The molecular weight excluding hydrogens is 206 g/mol. The van der Waals surface area contributed by atoms with Crippen molar-refractivity contribution in [2.45, 2.75) is 46.0 Å². The van der Waals surface area contributed by atoms with E-state index in [4.69, 9.17) is 0 Å². The molecule has 1 amide bonds. The Balaban J connectivity index is 2.32. The van der Waals surface area contributed by atoms with Crippen LogP contribution in [0.25, 0.3) is 0 Å². The van der Waals surface area contributed by atoms with Crippen molar-refractivity contribution in [3.05, 3.63) is 0 Å². The van der Waals surface area contributed by atoms with E-state index in [2.05, 4.69) is 17.0 Å². The lowest BCUT2D eigenvalue weighted by Gasteiger charge is -2.33. The van der Waals surface area contributed by atoms with E-state index < -0.39 is 11.9 Å². The molecule has 0 saturated heterocycles. The zero-order chi connectivity index (χ0) is 12.0. The van der Waals surface area contributed by atoms with E-state index >= 15 is 0 Å². The van der Waals surface area contributed by atoms with Crippen molar-refractivity contribution < 1.29 is 14.3 Å². The highest BCUT2D eigenvalue weighted by Crippen LogP contribution is 2.34. The first-order valence-electron chi connectivity index (χ1n) is 6.02. The Morgan fingerprint density at radius 2 is 1.88 bits per heavy atom. The number of hydrogen-bond acceptors (Lipinski definition) is 3. The number of carbonyl (C=O) groups is 2. The summed E-state index contributed by atoms with van der Waals surface area (Å²) >= 11 is 0. The first-order valence-corrected chi connectivity index (χ1v) is 6.02. The zero-order valence-corrected chi connectivity index (χ0v) is 10.2. The van der Waals surface area contributed by atoms with Gasteiger partial charge in [-0.2, -0.15) is 0 Å². The molecule has 0 aliphatic heterocycles. The fraction of sp³-hybridized carbons (Fsp3) is 0.833.